The molecule has 4 aliphatic carbocycles. The molecule has 2 aromatic rings. The fraction of sp³-hybridized carbons (Fsp3) is 0.619. The highest BCUT2D eigenvalue weighted by Gasteiger charge is 2.54. The summed E-state index contributed by atoms with van der Waals surface area (Å²) < 4.78 is 4.33. The Balaban J connectivity index is 1.33. The monoisotopic (exact) mass is 336 g/mol. The number of para-hydroxylation sites is 1. The van der Waals surface area contributed by atoms with E-state index in [1.807, 2.05) is 12.7 Å². The number of benzene rings is 1. The molecular formula is C21H26N3O+. The molecule has 4 nitrogen and oxygen atoms in total. The first-order valence-electron chi connectivity index (χ1n) is 9.93. The average Bonchev–Trinajstić information content (AvgIpc) is 3.17. The van der Waals surface area contributed by atoms with Gasteiger partial charge in [0, 0.05) is 12.0 Å². The molecule has 0 radical (unpaired) electrons. The van der Waals surface area contributed by atoms with Gasteiger partial charge in [0.25, 0.3) is 0 Å². The standard InChI is InChI=1S/C21H26N3O/c25-20(21-9-14-5-15(10-21)7-16(6-14)11-21)8-19-17-3-1-2-4-18(17)23-12-22-13-24(19)23/h1-4,12-16,19-20,25H,5-11H2/q+1. The summed E-state index contributed by atoms with van der Waals surface area (Å²) in [5.41, 5.74) is 2.73. The van der Waals surface area contributed by atoms with E-state index < -0.39 is 0 Å². The molecule has 1 aliphatic heterocycles. The van der Waals surface area contributed by atoms with Crippen LogP contribution in [0.4, 0.5) is 0 Å². The van der Waals surface area contributed by atoms with E-state index in [1.165, 1.54) is 49.8 Å². The molecule has 1 N–H and O–H groups in total. The lowest BCUT2D eigenvalue weighted by Gasteiger charge is -2.58. The van der Waals surface area contributed by atoms with Crippen LogP contribution in [0.2, 0.25) is 0 Å². The second-order valence-electron chi connectivity index (χ2n) is 9.21. The highest BCUT2D eigenvalue weighted by Crippen LogP contribution is 2.62. The Morgan fingerprint density at radius 1 is 1.12 bits per heavy atom. The van der Waals surface area contributed by atoms with Gasteiger partial charge in [-0.25, -0.2) is 0 Å². The lowest BCUT2D eigenvalue weighted by Crippen LogP contribution is -2.53. The molecule has 4 fully saturated rings. The normalized spacial score (nSPS) is 38.6. The number of hydrogen-bond donors (Lipinski definition) is 1. The number of rotatable bonds is 3. The van der Waals surface area contributed by atoms with E-state index in [-0.39, 0.29) is 17.6 Å². The maximum absolute atomic E-state index is 11.4. The molecule has 130 valence electrons. The van der Waals surface area contributed by atoms with Crippen molar-refractivity contribution in [2.45, 2.75) is 57.1 Å². The SMILES string of the molecule is OC(CC1c2ccccc2-n2cnc[n+]21)C12CC3CC(CC(C3)C1)C2. The second kappa shape index (κ2) is 4.94. The average molecular weight is 336 g/mol. The van der Waals surface area contributed by atoms with Crippen molar-refractivity contribution in [1.29, 1.82) is 0 Å². The molecule has 25 heavy (non-hydrogen) atoms. The van der Waals surface area contributed by atoms with Crippen molar-refractivity contribution in [3.8, 4) is 5.69 Å². The predicted molar refractivity (Wildman–Crippen MR) is 93.1 cm³/mol. The minimum absolute atomic E-state index is 0.192. The van der Waals surface area contributed by atoms with Crippen molar-refractivity contribution in [2.75, 3.05) is 0 Å². The van der Waals surface area contributed by atoms with Crippen molar-refractivity contribution in [2.24, 2.45) is 23.2 Å². The van der Waals surface area contributed by atoms with Crippen LogP contribution in [-0.2, 0) is 0 Å². The predicted octanol–water partition coefficient (Wildman–Crippen LogP) is 3.03. The number of nitrogens with zero attached hydrogens (tertiary/aromatic N) is 3. The smallest absolute Gasteiger partial charge is 0.307 e. The third kappa shape index (κ3) is 1.97. The molecule has 4 bridgehead atoms. The van der Waals surface area contributed by atoms with Crippen LogP contribution < -0.4 is 4.68 Å². The van der Waals surface area contributed by atoms with Gasteiger partial charge in [0.1, 0.15) is 0 Å². The van der Waals surface area contributed by atoms with Crippen molar-refractivity contribution < 1.29 is 9.79 Å². The van der Waals surface area contributed by atoms with Gasteiger partial charge in [-0.15, -0.1) is 9.36 Å². The molecule has 2 heterocycles. The van der Waals surface area contributed by atoms with Crippen LogP contribution in [0.3, 0.4) is 0 Å². The van der Waals surface area contributed by atoms with Gasteiger partial charge < -0.3 is 5.11 Å². The topological polar surface area (TPSA) is 41.9 Å². The van der Waals surface area contributed by atoms with Gasteiger partial charge in [0.2, 0.25) is 6.33 Å². The first-order chi connectivity index (χ1) is 12.2. The Kier molecular flexibility index (Phi) is 2.86. The summed E-state index contributed by atoms with van der Waals surface area (Å²) in [6.45, 7) is 0. The Labute approximate surface area is 148 Å². The van der Waals surface area contributed by atoms with E-state index in [4.69, 9.17) is 0 Å². The van der Waals surface area contributed by atoms with Gasteiger partial charge in [-0.3, -0.25) is 0 Å². The minimum atomic E-state index is -0.201. The molecule has 4 saturated carbocycles. The molecule has 7 rings (SSSR count). The maximum Gasteiger partial charge on any atom is 0.307 e. The molecule has 2 unspecified atom stereocenters. The van der Waals surface area contributed by atoms with E-state index in [0.29, 0.717) is 0 Å². The summed E-state index contributed by atoms with van der Waals surface area (Å²) in [6.07, 6.45) is 12.5. The zero-order chi connectivity index (χ0) is 16.6. The van der Waals surface area contributed by atoms with Crippen LogP contribution in [0.5, 0.6) is 0 Å². The van der Waals surface area contributed by atoms with Gasteiger partial charge in [-0.1, -0.05) is 18.2 Å². The van der Waals surface area contributed by atoms with Crippen molar-refractivity contribution in [3.05, 3.63) is 42.5 Å². The van der Waals surface area contributed by atoms with Gasteiger partial charge in [-0.2, -0.15) is 0 Å². The summed E-state index contributed by atoms with van der Waals surface area (Å²) in [5.74, 6) is 2.65. The van der Waals surface area contributed by atoms with Crippen molar-refractivity contribution >= 4 is 0 Å². The molecule has 1 aromatic carbocycles. The molecule has 0 saturated heterocycles. The Morgan fingerprint density at radius 2 is 1.80 bits per heavy atom. The molecule has 5 aliphatic rings. The van der Waals surface area contributed by atoms with Crippen LogP contribution in [0, 0.1) is 23.2 Å². The highest BCUT2D eigenvalue weighted by atomic mass is 16.3. The first kappa shape index (κ1) is 14.5. The fourth-order valence-electron chi connectivity index (χ4n) is 7.10. The third-order valence-corrected chi connectivity index (χ3v) is 7.71. The summed E-state index contributed by atoms with van der Waals surface area (Å²) in [7, 11) is 0. The summed E-state index contributed by atoms with van der Waals surface area (Å²) in [4.78, 5) is 4.34. The molecule has 1 aromatic heterocycles. The molecule has 4 heteroatoms. The van der Waals surface area contributed by atoms with Crippen LogP contribution in [0.1, 0.15) is 56.6 Å². The molecular weight excluding hydrogens is 310 g/mol. The van der Waals surface area contributed by atoms with Gasteiger partial charge in [0.05, 0.1) is 11.8 Å². The Hall–Kier alpha value is -1.68. The van der Waals surface area contributed by atoms with Gasteiger partial charge in [0.15, 0.2) is 6.04 Å². The zero-order valence-corrected chi connectivity index (χ0v) is 14.6. The zero-order valence-electron chi connectivity index (χ0n) is 14.6. The third-order valence-electron chi connectivity index (χ3n) is 7.71. The number of aromatic nitrogens is 3. The van der Waals surface area contributed by atoms with Crippen LogP contribution >= 0.6 is 0 Å². The number of aliphatic hydroxyl groups excluding tert-OH is 1. The highest BCUT2D eigenvalue weighted by molar-refractivity contribution is 5.42. The van der Waals surface area contributed by atoms with E-state index in [9.17, 15) is 5.11 Å². The number of aliphatic hydroxyl groups is 1. The van der Waals surface area contributed by atoms with Crippen LogP contribution in [0.15, 0.2) is 36.9 Å². The minimum Gasteiger partial charge on any atom is -0.392 e. The van der Waals surface area contributed by atoms with E-state index in [0.717, 1.165) is 24.2 Å². The van der Waals surface area contributed by atoms with Crippen molar-refractivity contribution in [1.82, 2.24) is 9.67 Å². The van der Waals surface area contributed by atoms with E-state index >= 15 is 0 Å². The second-order valence-corrected chi connectivity index (χ2v) is 9.21. The van der Waals surface area contributed by atoms with E-state index in [1.54, 1.807) is 0 Å². The maximum atomic E-state index is 11.4. The molecule has 0 amide bonds. The largest absolute Gasteiger partial charge is 0.392 e. The van der Waals surface area contributed by atoms with Crippen LogP contribution in [0.25, 0.3) is 5.69 Å². The van der Waals surface area contributed by atoms with Gasteiger partial charge in [-0.05, 0) is 72.7 Å². The van der Waals surface area contributed by atoms with Gasteiger partial charge >= 0.3 is 6.33 Å². The van der Waals surface area contributed by atoms with Crippen molar-refractivity contribution in [3.63, 3.8) is 0 Å². The molecule has 0 spiro atoms. The lowest BCUT2D eigenvalue weighted by atomic mass is 9.48. The first-order valence-corrected chi connectivity index (χ1v) is 9.93. The summed E-state index contributed by atoms with van der Waals surface area (Å²) in [5, 5.41) is 11.4. The number of hydrogen-bond acceptors (Lipinski definition) is 2. The number of fused-ring (bicyclic) bond motifs is 3. The fourth-order valence-corrected chi connectivity index (χ4v) is 7.10. The van der Waals surface area contributed by atoms with E-state index in [2.05, 4.69) is 38.6 Å². The Bertz CT molecular complexity index is 791. The Morgan fingerprint density at radius 3 is 2.52 bits per heavy atom. The quantitative estimate of drug-likeness (QED) is 0.876. The summed E-state index contributed by atoms with van der Waals surface area (Å²) in [6, 6.07) is 8.78. The summed E-state index contributed by atoms with van der Waals surface area (Å²) >= 11 is 0. The van der Waals surface area contributed by atoms with Crippen LogP contribution in [-0.4, -0.2) is 20.9 Å². The lowest BCUT2D eigenvalue weighted by molar-refractivity contribution is -0.776. The molecule has 2 atom stereocenters.